The molecule has 0 saturated carbocycles. The predicted molar refractivity (Wildman–Crippen MR) is 83.2 cm³/mol. The highest BCUT2D eigenvalue weighted by atomic mass is 32.1. The van der Waals surface area contributed by atoms with Gasteiger partial charge in [0, 0.05) is 19.8 Å². The zero-order valence-electron chi connectivity index (χ0n) is 11.8. The molecule has 1 aliphatic rings. The molecule has 0 radical (unpaired) electrons. The van der Waals surface area contributed by atoms with E-state index in [9.17, 15) is 0 Å². The third kappa shape index (κ3) is 2.84. The highest BCUT2D eigenvalue weighted by Crippen LogP contribution is 2.26. The molecule has 1 saturated heterocycles. The van der Waals surface area contributed by atoms with E-state index >= 15 is 0 Å². The first-order chi connectivity index (χ1) is 9.63. The number of aromatic amines is 1. The largest absolute Gasteiger partial charge is 0.303 e. The molecule has 0 aromatic carbocycles. The SMILES string of the molecule is CC1CCCN(Cc2ncc(-c3n[nH]c(=S)n3C)s2)C1. The van der Waals surface area contributed by atoms with Crippen LogP contribution in [-0.4, -0.2) is 37.7 Å². The third-order valence-electron chi connectivity index (χ3n) is 3.75. The average molecular weight is 309 g/mol. The summed E-state index contributed by atoms with van der Waals surface area (Å²) in [6, 6.07) is 0. The number of nitrogens with one attached hydrogen (secondary N) is 1. The number of hydrogen-bond acceptors (Lipinski definition) is 5. The summed E-state index contributed by atoms with van der Waals surface area (Å²) >= 11 is 6.85. The van der Waals surface area contributed by atoms with Crippen molar-refractivity contribution in [3.05, 3.63) is 16.0 Å². The van der Waals surface area contributed by atoms with Crippen LogP contribution in [0.2, 0.25) is 0 Å². The number of likely N-dealkylation sites (tertiary alicyclic amines) is 1. The molecule has 1 aliphatic heterocycles. The van der Waals surface area contributed by atoms with Gasteiger partial charge in [0.15, 0.2) is 10.6 Å². The van der Waals surface area contributed by atoms with Crippen molar-refractivity contribution < 1.29 is 0 Å². The molecule has 1 fully saturated rings. The molecule has 2 aromatic rings. The Labute approximate surface area is 127 Å². The van der Waals surface area contributed by atoms with E-state index in [2.05, 4.69) is 27.0 Å². The number of piperidine rings is 1. The second-order valence-electron chi connectivity index (χ2n) is 5.51. The van der Waals surface area contributed by atoms with E-state index in [1.165, 1.54) is 25.9 Å². The van der Waals surface area contributed by atoms with Gasteiger partial charge >= 0.3 is 0 Å². The lowest BCUT2D eigenvalue weighted by Gasteiger charge is -2.29. The van der Waals surface area contributed by atoms with Gasteiger partial charge < -0.3 is 4.57 Å². The molecule has 0 spiro atoms. The number of rotatable bonds is 3. The van der Waals surface area contributed by atoms with Crippen molar-refractivity contribution in [2.24, 2.45) is 13.0 Å². The minimum atomic E-state index is 0.639. The summed E-state index contributed by atoms with van der Waals surface area (Å²) in [6.45, 7) is 5.64. The highest BCUT2D eigenvalue weighted by Gasteiger charge is 2.18. The first-order valence-electron chi connectivity index (χ1n) is 6.92. The molecule has 1 N–H and O–H groups in total. The van der Waals surface area contributed by atoms with Crippen molar-refractivity contribution in [1.29, 1.82) is 0 Å². The van der Waals surface area contributed by atoms with Crippen LogP contribution < -0.4 is 0 Å². The van der Waals surface area contributed by atoms with E-state index < -0.39 is 0 Å². The lowest BCUT2D eigenvalue weighted by atomic mass is 10.0. The topological polar surface area (TPSA) is 49.7 Å². The number of thiazole rings is 1. The van der Waals surface area contributed by atoms with E-state index in [1.54, 1.807) is 11.3 Å². The molecule has 108 valence electrons. The summed E-state index contributed by atoms with van der Waals surface area (Å²) < 4.78 is 2.52. The van der Waals surface area contributed by atoms with Gasteiger partial charge in [0.1, 0.15) is 5.01 Å². The summed E-state index contributed by atoms with van der Waals surface area (Å²) in [7, 11) is 1.92. The second-order valence-corrected chi connectivity index (χ2v) is 7.01. The smallest absolute Gasteiger partial charge is 0.195 e. The standard InChI is InChI=1S/C13H19N5S2/c1-9-4-3-5-18(7-9)8-11-14-6-10(20-11)12-15-16-13(19)17(12)2/h6,9H,3-5,7-8H2,1-2H3,(H,16,19). The van der Waals surface area contributed by atoms with Gasteiger partial charge in [-0.05, 0) is 37.5 Å². The molecule has 5 nitrogen and oxygen atoms in total. The Morgan fingerprint density at radius 2 is 2.40 bits per heavy atom. The van der Waals surface area contributed by atoms with Crippen LogP contribution in [0.1, 0.15) is 24.8 Å². The number of hydrogen-bond donors (Lipinski definition) is 1. The van der Waals surface area contributed by atoms with E-state index in [0.717, 1.165) is 28.2 Å². The molecule has 7 heteroatoms. The molecule has 3 rings (SSSR count). The van der Waals surface area contributed by atoms with Crippen LogP contribution >= 0.6 is 23.6 Å². The molecule has 0 amide bonds. The first kappa shape index (κ1) is 13.9. The van der Waals surface area contributed by atoms with Crippen molar-refractivity contribution in [2.45, 2.75) is 26.3 Å². The molecule has 20 heavy (non-hydrogen) atoms. The summed E-state index contributed by atoms with van der Waals surface area (Å²) in [5.41, 5.74) is 0. The quantitative estimate of drug-likeness (QED) is 0.886. The fraction of sp³-hybridized carbons (Fsp3) is 0.615. The predicted octanol–water partition coefficient (Wildman–Crippen LogP) is 2.83. The van der Waals surface area contributed by atoms with Gasteiger partial charge in [-0.15, -0.1) is 11.3 Å². The van der Waals surface area contributed by atoms with Crippen LogP contribution in [0.4, 0.5) is 0 Å². The Balaban J connectivity index is 1.74. The Hall–Kier alpha value is -1.05. The van der Waals surface area contributed by atoms with Crippen molar-refractivity contribution in [1.82, 2.24) is 24.6 Å². The van der Waals surface area contributed by atoms with Crippen LogP contribution in [-0.2, 0) is 13.6 Å². The Morgan fingerprint density at radius 3 is 3.10 bits per heavy atom. The zero-order chi connectivity index (χ0) is 14.1. The fourth-order valence-electron chi connectivity index (χ4n) is 2.68. The highest BCUT2D eigenvalue weighted by molar-refractivity contribution is 7.71. The van der Waals surface area contributed by atoms with Gasteiger partial charge in [-0.1, -0.05) is 6.92 Å². The van der Waals surface area contributed by atoms with Crippen LogP contribution in [0.3, 0.4) is 0 Å². The van der Waals surface area contributed by atoms with Crippen molar-refractivity contribution >= 4 is 23.6 Å². The van der Waals surface area contributed by atoms with E-state index in [0.29, 0.717) is 4.77 Å². The maximum atomic E-state index is 5.15. The fourth-order valence-corrected chi connectivity index (χ4v) is 3.79. The van der Waals surface area contributed by atoms with Crippen molar-refractivity contribution in [3.63, 3.8) is 0 Å². The monoisotopic (exact) mass is 309 g/mol. The van der Waals surface area contributed by atoms with Crippen LogP contribution in [0.15, 0.2) is 6.20 Å². The van der Waals surface area contributed by atoms with Gasteiger partial charge in [0.2, 0.25) is 0 Å². The van der Waals surface area contributed by atoms with Crippen molar-refractivity contribution in [2.75, 3.05) is 13.1 Å². The third-order valence-corrected chi connectivity index (χ3v) is 5.10. The molecular formula is C13H19N5S2. The molecule has 1 unspecified atom stereocenters. The molecular weight excluding hydrogens is 290 g/mol. The summed E-state index contributed by atoms with van der Waals surface area (Å²) in [4.78, 5) is 8.11. The molecule has 0 aliphatic carbocycles. The molecule has 3 heterocycles. The number of H-pyrrole nitrogens is 1. The molecule has 1 atom stereocenters. The maximum Gasteiger partial charge on any atom is 0.195 e. The maximum absolute atomic E-state index is 5.15. The van der Waals surface area contributed by atoms with Crippen LogP contribution in [0, 0.1) is 10.7 Å². The first-order valence-corrected chi connectivity index (χ1v) is 8.15. The molecule has 0 bridgehead atoms. The summed E-state index contributed by atoms with van der Waals surface area (Å²) in [6.07, 6.45) is 4.55. The normalized spacial score (nSPS) is 20.4. The van der Waals surface area contributed by atoms with Gasteiger partial charge in [-0.3, -0.25) is 10.00 Å². The Kier molecular flexibility index (Phi) is 4.00. The van der Waals surface area contributed by atoms with Gasteiger partial charge in [-0.25, -0.2) is 4.98 Å². The lowest BCUT2D eigenvalue weighted by molar-refractivity contribution is 0.176. The summed E-state index contributed by atoms with van der Waals surface area (Å²) in [5, 5.41) is 8.23. The van der Waals surface area contributed by atoms with E-state index in [1.807, 2.05) is 17.8 Å². The van der Waals surface area contributed by atoms with Crippen LogP contribution in [0.5, 0.6) is 0 Å². The minimum absolute atomic E-state index is 0.639. The van der Waals surface area contributed by atoms with E-state index in [4.69, 9.17) is 12.2 Å². The van der Waals surface area contributed by atoms with Gasteiger partial charge in [0.05, 0.1) is 11.4 Å². The Bertz CT molecular complexity index is 641. The summed E-state index contributed by atoms with van der Waals surface area (Å²) in [5.74, 6) is 1.67. The van der Waals surface area contributed by atoms with Gasteiger partial charge in [-0.2, -0.15) is 5.10 Å². The minimum Gasteiger partial charge on any atom is -0.303 e. The van der Waals surface area contributed by atoms with Crippen molar-refractivity contribution in [3.8, 4) is 10.7 Å². The zero-order valence-corrected chi connectivity index (χ0v) is 13.4. The number of aromatic nitrogens is 4. The lowest BCUT2D eigenvalue weighted by Crippen LogP contribution is -2.33. The average Bonchev–Trinajstić information content (AvgIpc) is 2.98. The number of nitrogens with zero attached hydrogens (tertiary/aromatic N) is 4. The van der Waals surface area contributed by atoms with Crippen LogP contribution in [0.25, 0.3) is 10.7 Å². The molecule has 2 aromatic heterocycles. The van der Waals surface area contributed by atoms with Gasteiger partial charge in [0.25, 0.3) is 0 Å². The van der Waals surface area contributed by atoms with E-state index in [-0.39, 0.29) is 0 Å². The second kappa shape index (κ2) is 5.75. The Morgan fingerprint density at radius 1 is 1.55 bits per heavy atom.